The number of nitrogens with zero attached hydrogens (tertiary/aromatic N) is 2. The van der Waals surface area contributed by atoms with Gasteiger partial charge in [-0.1, -0.05) is 12.1 Å². The van der Waals surface area contributed by atoms with E-state index in [-0.39, 0.29) is 13.1 Å². The topological polar surface area (TPSA) is 122 Å². The smallest absolute Gasteiger partial charge is 0.411 e. The van der Waals surface area contributed by atoms with Crippen LogP contribution in [0.4, 0.5) is 37.1 Å². The van der Waals surface area contributed by atoms with E-state index in [4.69, 9.17) is 0 Å². The lowest BCUT2D eigenvalue weighted by Crippen LogP contribution is -2.30. The molecule has 0 saturated carbocycles. The number of nitrogens with one attached hydrogen (secondary N) is 2. The highest BCUT2D eigenvalue weighted by Crippen LogP contribution is 2.26. The molecule has 0 unspecified atom stereocenters. The molecule has 4 N–H and O–H groups in total. The second-order valence-electron chi connectivity index (χ2n) is 6.64. The Morgan fingerprint density at radius 3 is 1.43 bits per heavy atom. The highest BCUT2D eigenvalue weighted by molar-refractivity contribution is 6.01. The Morgan fingerprint density at radius 2 is 1.13 bits per heavy atom. The first kappa shape index (κ1) is 22.5. The zero-order valence-corrected chi connectivity index (χ0v) is 17.4. The van der Waals surface area contributed by atoms with Crippen LogP contribution in [0.2, 0.25) is 0 Å². The third-order valence-electron chi connectivity index (χ3n) is 4.61. The summed E-state index contributed by atoms with van der Waals surface area (Å²) in [6.45, 7) is 7.59. The van der Waals surface area contributed by atoms with Gasteiger partial charge in [-0.15, -0.1) is 0 Å². The molecule has 0 saturated heterocycles. The van der Waals surface area contributed by atoms with Crippen molar-refractivity contribution < 1.29 is 24.6 Å². The molecule has 0 bridgehead atoms. The highest BCUT2D eigenvalue weighted by atomic mass is 16.4. The molecular formula is C21H26N4O5. The van der Waals surface area contributed by atoms with Gasteiger partial charge in [-0.05, 0) is 63.1 Å². The van der Waals surface area contributed by atoms with E-state index in [1.165, 1.54) is 9.80 Å². The summed E-state index contributed by atoms with van der Waals surface area (Å²) in [6, 6.07) is 9.47. The van der Waals surface area contributed by atoms with E-state index in [0.29, 0.717) is 22.7 Å². The molecule has 0 atom stereocenters. The molecule has 2 aromatic carbocycles. The summed E-state index contributed by atoms with van der Waals surface area (Å²) in [4.78, 5) is 37.7. The Hall–Kier alpha value is -3.75. The lowest BCUT2D eigenvalue weighted by Gasteiger charge is -2.21. The van der Waals surface area contributed by atoms with Crippen LogP contribution in [0.1, 0.15) is 25.0 Å². The molecule has 2 rings (SSSR count). The number of hydrogen-bond donors (Lipinski definition) is 4. The summed E-state index contributed by atoms with van der Waals surface area (Å²) in [6.07, 6.45) is -2.15. The Morgan fingerprint density at radius 1 is 0.767 bits per heavy atom. The molecule has 0 heterocycles. The van der Waals surface area contributed by atoms with Crippen LogP contribution in [0.3, 0.4) is 0 Å². The average Bonchev–Trinajstić information content (AvgIpc) is 2.67. The second-order valence-corrected chi connectivity index (χ2v) is 6.64. The van der Waals surface area contributed by atoms with Crippen molar-refractivity contribution in [1.29, 1.82) is 0 Å². The molecule has 160 valence electrons. The minimum absolute atomic E-state index is 0.273. The summed E-state index contributed by atoms with van der Waals surface area (Å²) in [5.41, 5.74) is 3.37. The van der Waals surface area contributed by atoms with Gasteiger partial charge in [0.15, 0.2) is 0 Å². The van der Waals surface area contributed by atoms with Gasteiger partial charge in [0.1, 0.15) is 0 Å². The molecule has 9 nitrogen and oxygen atoms in total. The lowest BCUT2D eigenvalue weighted by molar-refractivity contribution is 0.201. The van der Waals surface area contributed by atoms with Crippen molar-refractivity contribution in [2.75, 3.05) is 33.5 Å². The molecule has 0 radical (unpaired) electrons. The van der Waals surface area contributed by atoms with Crippen LogP contribution in [0.15, 0.2) is 36.4 Å². The largest absolute Gasteiger partial charge is 0.465 e. The second kappa shape index (κ2) is 9.64. The molecule has 2 aromatic rings. The van der Waals surface area contributed by atoms with Crippen LogP contribution in [0, 0.1) is 13.8 Å². The van der Waals surface area contributed by atoms with Gasteiger partial charge in [-0.25, -0.2) is 14.4 Å². The van der Waals surface area contributed by atoms with E-state index in [1.54, 1.807) is 64.1 Å². The fourth-order valence-corrected chi connectivity index (χ4v) is 3.07. The minimum Gasteiger partial charge on any atom is -0.465 e. The number of benzene rings is 2. The van der Waals surface area contributed by atoms with Crippen LogP contribution in [0.25, 0.3) is 0 Å². The van der Waals surface area contributed by atoms with Crippen LogP contribution in [0.5, 0.6) is 0 Å². The van der Waals surface area contributed by atoms with E-state index < -0.39 is 18.2 Å². The van der Waals surface area contributed by atoms with Crippen molar-refractivity contribution in [3.63, 3.8) is 0 Å². The standard InChI is InChI=1S/C21H26N4O5/c1-5-24(20(27)28)17-11-15(9-7-13(17)3)22-19(26)23-16-10-8-14(4)18(12-16)25(6-2)21(29)30/h7-12H,5-6H2,1-4H3,(H,27,28)(H,29,30)(H2,22,23,26). The lowest BCUT2D eigenvalue weighted by atomic mass is 10.1. The maximum absolute atomic E-state index is 12.4. The first-order valence-corrected chi connectivity index (χ1v) is 9.48. The zero-order valence-electron chi connectivity index (χ0n) is 17.4. The first-order valence-electron chi connectivity index (χ1n) is 9.48. The normalized spacial score (nSPS) is 10.3. The van der Waals surface area contributed by atoms with Gasteiger partial charge in [0.05, 0.1) is 11.4 Å². The fraction of sp³-hybridized carbons (Fsp3) is 0.286. The van der Waals surface area contributed by atoms with E-state index in [9.17, 15) is 24.6 Å². The Labute approximate surface area is 174 Å². The number of carbonyl (C=O) groups is 3. The number of urea groups is 1. The Bertz CT molecular complexity index is 885. The van der Waals surface area contributed by atoms with Gasteiger partial charge >= 0.3 is 18.2 Å². The SMILES string of the molecule is CCN(C(=O)O)c1cc(NC(=O)Nc2ccc(C)c(N(CC)C(=O)O)c2)ccc1C. The van der Waals surface area contributed by atoms with Crippen LogP contribution >= 0.6 is 0 Å². The highest BCUT2D eigenvalue weighted by Gasteiger charge is 2.17. The maximum atomic E-state index is 12.4. The molecule has 0 spiro atoms. The molecule has 0 fully saturated rings. The Balaban J connectivity index is 2.20. The molecule has 0 aromatic heterocycles. The van der Waals surface area contributed by atoms with Gasteiger partial charge in [-0.3, -0.25) is 9.80 Å². The van der Waals surface area contributed by atoms with Crippen LogP contribution in [-0.4, -0.2) is 41.5 Å². The third-order valence-corrected chi connectivity index (χ3v) is 4.61. The first-order chi connectivity index (χ1) is 14.2. The number of hydrogen-bond acceptors (Lipinski definition) is 3. The fourth-order valence-electron chi connectivity index (χ4n) is 3.07. The van der Waals surface area contributed by atoms with Crippen LogP contribution in [-0.2, 0) is 0 Å². The van der Waals surface area contributed by atoms with E-state index in [1.807, 2.05) is 0 Å². The molecule has 9 heteroatoms. The maximum Gasteiger partial charge on any atom is 0.411 e. The third kappa shape index (κ3) is 5.19. The molecule has 30 heavy (non-hydrogen) atoms. The van der Waals surface area contributed by atoms with E-state index in [0.717, 1.165) is 11.1 Å². The number of carboxylic acid groups (broad SMARTS) is 2. The zero-order chi connectivity index (χ0) is 22.4. The molecule has 0 aliphatic carbocycles. The number of aryl methyl sites for hydroxylation is 2. The quantitative estimate of drug-likeness (QED) is 0.532. The monoisotopic (exact) mass is 414 g/mol. The van der Waals surface area contributed by atoms with Crippen molar-refractivity contribution in [1.82, 2.24) is 0 Å². The van der Waals surface area contributed by atoms with Gasteiger partial charge in [0.2, 0.25) is 0 Å². The van der Waals surface area contributed by atoms with Crippen molar-refractivity contribution in [3.05, 3.63) is 47.5 Å². The van der Waals surface area contributed by atoms with Crippen LogP contribution < -0.4 is 20.4 Å². The summed E-state index contributed by atoms with van der Waals surface area (Å²) in [5.74, 6) is 0. The molecule has 0 aliphatic rings. The molecule has 0 aliphatic heterocycles. The summed E-state index contributed by atoms with van der Waals surface area (Å²) in [5, 5.41) is 24.1. The summed E-state index contributed by atoms with van der Waals surface area (Å²) < 4.78 is 0. The average molecular weight is 414 g/mol. The van der Waals surface area contributed by atoms with Gasteiger partial charge in [-0.2, -0.15) is 0 Å². The van der Waals surface area contributed by atoms with Crippen molar-refractivity contribution in [3.8, 4) is 0 Å². The molecular weight excluding hydrogens is 388 g/mol. The predicted molar refractivity (Wildman–Crippen MR) is 117 cm³/mol. The van der Waals surface area contributed by atoms with Crippen molar-refractivity contribution in [2.24, 2.45) is 0 Å². The Kier molecular flexibility index (Phi) is 7.24. The van der Waals surface area contributed by atoms with Gasteiger partial charge < -0.3 is 20.8 Å². The number of anilines is 4. The number of carbonyl (C=O) groups excluding carboxylic acids is 1. The minimum atomic E-state index is -1.08. The summed E-state index contributed by atoms with van der Waals surface area (Å²) in [7, 11) is 0. The number of amides is 4. The molecule has 4 amide bonds. The summed E-state index contributed by atoms with van der Waals surface area (Å²) >= 11 is 0. The number of rotatable bonds is 6. The van der Waals surface area contributed by atoms with E-state index >= 15 is 0 Å². The van der Waals surface area contributed by atoms with Gasteiger partial charge in [0.25, 0.3) is 0 Å². The van der Waals surface area contributed by atoms with E-state index in [2.05, 4.69) is 10.6 Å². The van der Waals surface area contributed by atoms with Gasteiger partial charge in [0, 0.05) is 24.5 Å². The van der Waals surface area contributed by atoms with Crippen molar-refractivity contribution in [2.45, 2.75) is 27.7 Å². The predicted octanol–water partition coefficient (Wildman–Crippen LogP) is 4.96. The van der Waals surface area contributed by atoms with Crippen molar-refractivity contribution >= 4 is 41.0 Å².